The molecule has 1 aromatic rings. The minimum atomic E-state index is -0.794. The molecule has 0 radical (unpaired) electrons. The van der Waals surface area contributed by atoms with Crippen LogP contribution in [0, 0.1) is 12.8 Å². The van der Waals surface area contributed by atoms with Gasteiger partial charge in [0, 0.05) is 12.6 Å². The van der Waals surface area contributed by atoms with Gasteiger partial charge in [0.2, 0.25) is 5.91 Å². The van der Waals surface area contributed by atoms with Gasteiger partial charge in [0.05, 0.1) is 12.5 Å². The van der Waals surface area contributed by atoms with Gasteiger partial charge in [-0.3, -0.25) is 14.5 Å². The fourth-order valence-electron chi connectivity index (χ4n) is 2.21. The van der Waals surface area contributed by atoms with Gasteiger partial charge < -0.3 is 14.9 Å². The Balaban J connectivity index is 1.83. The number of likely N-dealkylation sites (tertiary alicyclic amines) is 1. The predicted molar refractivity (Wildman–Crippen MR) is 66.7 cm³/mol. The molecule has 0 aliphatic carbocycles. The lowest BCUT2D eigenvalue weighted by Crippen LogP contribution is -2.42. The van der Waals surface area contributed by atoms with Crippen molar-refractivity contribution < 1.29 is 19.2 Å². The van der Waals surface area contributed by atoms with Gasteiger partial charge in [-0.2, -0.15) is 0 Å². The lowest BCUT2D eigenvalue weighted by Gasteiger charge is -2.29. The molecule has 0 bridgehead atoms. The Hall–Kier alpha value is -1.89. The quantitative estimate of drug-likeness (QED) is 0.834. The molecular weight excluding hydrogens is 250 g/mol. The van der Waals surface area contributed by atoms with Crippen molar-refractivity contribution in [2.75, 3.05) is 25.0 Å². The third kappa shape index (κ3) is 3.78. The number of hydrogen-bond acceptors (Lipinski definition) is 5. The second kappa shape index (κ2) is 5.83. The van der Waals surface area contributed by atoms with Crippen LogP contribution < -0.4 is 5.32 Å². The van der Waals surface area contributed by atoms with E-state index < -0.39 is 5.97 Å². The highest BCUT2D eigenvalue weighted by Crippen LogP contribution is 2.16. The average Bonchev–Trinajstić information content (AvgIpc) is 2.74. The van der Waals surface area contributed by atoms with E-state index in [1.165, 1.54) is 0 Å². The average molecular weight is 267 g/mol. The third-order valence-electron chi connectivity index (χ3n) is 3.12. The molecule has 1 aliphatic heterocycles. The number of carbonyl (C=O) groups excluding carboxylic acids is 1. The van der Waals surface area contributed by atoms with E-state index in [9.17, 15) is 9.59 Å². The number of anilines is 1. The van der Waals surface area contributed by atoms with Crippen molar-refractivity contribution in [3.63, 3.8) is 0 Å². The summed E-state index contributed by atoms with van der Waals surface area (Å²) < 4.78 is 4.85. The molecule has 1 saturated heterocycles. The van der Waals surface area contributed by atoms with Crippen molar-refractivity contribution in [1.82, 2.24) is 10.1 Å². The molecule has 1 aromatic heterocycles. The summed E-state index contributed by atoms with van der Waals surface area (Å²) in [6, 6.07) is 1.63. The number of rotatable bonds is 4. The number of nitrogens with one attached hydrogen (secondary N) is 1. The van der Waals surface area contributed by atoms with Crippen LogP contribution in [0.4, 0.5) is 5.82 Å². The molecule has 2 N–H and O–H groups in total. The van der Waals surface area contributed by atoms with E-state index in [1.54, 1.807) is 13.0 Å². The van der Waals surface area contributed by atoms with Gasteiger partial charge in [0.15, 0.2) is 5.82 Å². The summed E-state index contributed by atoms with van der Waals surface area (Å²) in [6.07, 6.45) is 1.48. The molecule has 104 valence electrons. The maximum absolute atomic E-state index is 11.8. The highest BCUT2D eigenvalue weighted by Gasteiger charge is 2.26. The molecule has 7 nitrogen and oxygen atoms in total. The SMILES string of the molecule is Cc1cc(NC(=O)CN2CCCC(C(=O)O)C2)no1. The number of aliphatic carboxylic acids is 1. The summed E-state index contributed by atoms with van der Waals surface area (Å²) in [5, 5.41) is 15.3. The Morgan fingerprint density at radius 3 is 3.05 bits per heavy atom. The number of aromatic nitrogens is 1. The van der Waals surface area contributed by atoms with Crippen molar-refractivity contribution in [3.05, 3.63) is 11.8 Å². The molecule has 1 atom stereocenters. The minimum Gasteiger partial charge on any atom is -0.481 e. The number of carbonyl (C=O) groups is 2. The minimum absolute atomic E-state index is 0.176. The highest BCUT2D eigenvalue weighted by molar-refractivity contribution is 5.91. The Labute approximate surface area is 110 Å². The van der Waals surface area contributed by atoms with Crippen molar-refractivity contribution >= 4 is 17.7 Å². The predicted octanol–water partition coefficient (Wildman–Crippen LogP) is 0.718. The van der Waals surface area contributed by atoms with Crippen LogP contribution >= 0.6 is 0 Å². The molecule has 1 amide bonds. The number of nitrogens with zero attached hydrogens (tertiary/aromatic N) is 2. The first-order valence-electron chi connectivity index (χ1n) is 6.23. The van der Waals surface area contributed by atoms with Crippen molar-refractivity contribution in [2.24, 2.45) is 5.92 Å². The molecule has 2 heterocycles. The maximum atomic E-state index is 11.8. The Kier molecular flexibility index (Phi) is 4.16. The summed E-state index contributed by atoms with van der Waals surface area (Å²) in [7, 11) is 0. The number of piperidine rings is 1. The molecule has 0 saturated carbocycles. The Morgan fingerprint density at radius 2 is 2.42 bits per heavy atom. The zero-order valence-corrected chi connectivity index (χ0v) is 10.8. The molecule has 2 rings (SSSR count). The number of carboxylic acids is 1. The number of hydrogen-bond donors (Lipinski definition) is 2. The van der Waals surface area contributed by atoms with Crippen LogP contribution in [-0.2, 0) is 9.59 Å². The van der Waals surface area contributed by atoms with E-state index in [0.29, 0.717) is 24.5 Å². The van der Waals surface area contributed by atoms with E-state index in [-0.39, 0.29) is 18.4 Å². The molecule has 0 aromatic carbocycles. The smallest absolute Gasteiger partial charge is 0.307 e. The van der Waals surface area contributed by atoms with Crippen LogP contribution in [0.2, 0.25) is 0 Å². The van der Waals surface area contributed by atoms with E-state index in [1.807, 2.05) is 4.90 Å². The van der Waals surface area contributed by atoms with Gasteiger partial charge in [-0.25, -0.2) is 0 Å². The van der Waals surface area contributed by atoms with E-state index >= 15 is 0 Å². The van der Waals surface area contributed by atoms with Gasteiger partial charge in [0.25, 0.3) is 0 Å². The highest BCUT2D eigenvalue weighted by atomic mass is 16.5. The zero-order chi connectivity index (χ0) is 13.8. The summed E-state index contributed by atoms with van der Waals surface area (Å²) in [5.41, 5.74) is 0. The third-order valence-corrected chi connectivity index (χ3v) is 3.12. The van der Waals surface area contributed by atoms with Gasteiger partial charge in [0.1, 0.15) is 5.76 Å². The number of aryl methyl sites for hydroxylation is 1. The molecule has 0 spiro atoms. The van der Waals surface area contributed by atoms with E-state index in [0.717, 1.165) is 13.0 Å². The molecule has 1 aliphatic rings. The lowest BCUT2D eigenvalue weighted by molar-refractivity contribution is -0.144. The van der Waals surface area contributed by atoms with Crippen molar-refractivity contribution in [2.45, 2.75) is 19.8 Å². The van der Waals surface area contributed by atoms with Gasteiger partial charge in [-0.1, -0.05) is 5.16 Å². The van der Waals surface area contributed by atoms with E-state index in [2.05, 4.69) is 10.5 Å². The first-order valence-corrected chi connectivity index (χ1v) is 6.23. The first-order chi connectivity index (χ1) is 9.04. The van der Waals surface area contributed by atoms with Crippen LogP contribution in [0.3, 0.4) is 0 Å². The fraction of sp³-hybridized carbons (Fsp3) is 0.583. The molecule has 1 unspecified atom stereocenters. The van der Waals surface area contributed by atoms with Gasteiger partial charge >= 0.3 is 5.97 Å². The van der Waals surface area contributed by atoms with Gasteiger partial charge in [-0.15, -0.1) is 0 Å². The first kappa shape index (κ1) is 13.5. The van der Waals surface area contributed by atoms with Crippen molar-refractivity contribution in [1.29, 1.82) is 0 Å². The monoisotopic (exact) mass is 267 g/mol. The number of carboxylic acid groups (broad SMARTS) is 1. The maximum Gasteiger partial charge on any atom is 0.307 e. The summed E-state index contributed by atoms with van der Waals surface area (Å²) in [4.78, 5) is 24.6. The Bertz CT molecular complexity index is 471. The largest absolute Gasteiger partial charge is 0.481 e. The molecular formula is C12H17N3O4. The summed E-state index contributed by atoms with van der Waals surface area (Å²) in [5.74, 6) is -0.374. The fourth-order valence-corrected chi connectivity index (χ4v) is 2.21. The zero-order valence-electron chi connectivity index (χ0n) is 10.8. The van der Waals surface area contributed by atoms with Crippen LogP contribution in [0.1, 0.15) is 18.6 Å². The summed E-state index contributed by atoms with van der Waals surface area (Å²) in [6.45, 7) is 3.08. The topological polar surface area (TPSA) is 95.7 Å². The van der Waals surface area contributed by atoms with Crippen LogP contribution in [0.5, 0.6) is 0 Å². The lowest BCUT2D eigenvalue weighted by atomic mass is 9.98. The van der Waals surface area contributed by atoms with Crippen LogP contribution in [0.25, 0.3) is 0 Å². The normalized spacial score (nSPS) is 20.2. The van der Waals surface area contributed by atoms with Gasteiger partial charge in [-0.05, 0) is 26.3 Å². The second-order valence-electron chi connectivity index (χ2n) is 4.78. The molecule has 19 heavy (non-hydrogen) atoms. The van der Waals surface area contributed by atoms with Crippen LogP contribution in [0.15, 0.2) is 10.6 Å². The molecule has 1 fully saturated rings. The second-order valence-corrected chi connectivity index (χ2v) is 4.78. The standard InChI is InChI=1S/C12H17N3O4/c1-8-5-10(14-19-8)13-11(16)7-15-4-2-3-9(6-15)12(17)18/h5,9H,2-4,6-7H2,1H3,(H,17,18)(H,13,14,16). The van der Waals surface area contributed by atoms with Crippen molar-refractivity contribution in [3.8, 4) is 0 Å². The Morgan fingerprint density at radius 1 is 1.63 bits per heavy atom. The number of amides is 1. The van der Waals surface area contributed by atoms with Crippen LogP contribution in [-0.4, -0.2) is 46.7 Å². The van der Waals surface area contributed by atoms with E-state index in [4.69, 9.17) is 9.63 Å². The molecule has 7 heteroatoms. The summed E-state index contributed by atoms with van der Waals surface area (Å²) >= 11 is 0.